The van der Waals surface area contributed by atoms with E-state index in [2.05, 4.69) is 4.99 Å². The van der Waals surface area contributed by atoms with E-state index in [-0.39, 0.29) is 10.5 Å². The molecular formula is C19H20N2O5S2. The fourth-order valence-corrected chi connectivity index (χ4v) is 4.74. The van der Waals surface area contributed by atoms with E-state index in [1.807, 2.05) is 22.8 Å². The Hall–Kier alpha value is -2.49. The lowest BCUT2D eigenvalue weighted by Gasteiger charge is -2.06. The molecule has 0 aliphatic carbocycles. The third kappa shape index (κ3) is 4.16. The minimum atomic E-state index is -3.55. The van der Waals surface area contributed by atoms with Crippen LogP contribution >= 0.6 is 11.3 Å². The Morgan fingerprint density at radius 3 is 2.61 bits per heavy atom. The molecule has 148 valence electrons. The molecule has 0 saturated heterocycles. The second-order valence-electron chi connectivity index (χ2n) is 6.05. The zero-order valence-electron chi connectivity index (χ0n) is 15.7. The van der Waals surface area contributed by atoms with Crippen LogP contribution in [-0.2, 0) is 21.1 Å². The van der Waals surface area contributed by atoms with E-state index in [4.69, 9.17) is 9.47 Å². The van der Waals surface area contributed by atoms with E-state index in [1.165, 1.54) is 23.5 Å². The highest BCUT2D eigenvalue weighted by atomic mass is 32.2. The molecule has 0 bridgehead atoms. The average molecular weight is 421 g/mol. The summed E-state index contributed by atoms with van der Waals surface area (Å²) in [6, 6.07) is 11.7. The summed E-state index contributed by atoms with van der Waals surface area (Å²) >= 11 is 1.33. The SMILES string of the molecule is COCCn1c(=NC(=O)c2ccccc2S(C)(=O)=O)sc2cc(OC)ccc21. The topological polar surface area (TPSA) is 87.0 Å². The maximum absolute atomic E-state index is 12.8. The number of amides is 1. The second kappa shape index (κ2) is 8.26. The van der Waals surface area contributed by atoms with Gasteiger partial charge < -0.3 is 14.0 Å². The molecule has 0 aliphatic rings. The molecule has 3 aromatic rings. The predicted molar refractivity (Wildman–Crippen MR) is 108 cm³/mol. The summed E-state index contributed by atoms with van der Waals surface area (Å²) in [6.07, 6.45) is 1.07. The Labute approximate surface area is 166 Å². The van der Waals surface area contributed by atoms with Crippen molar-refractivity contribution < 1.29 is 22.7 Å². The van der Waals surface area contributed by atoms with Crippen LogP contribution in [0.3, 0.4) is 0 Å². The lowest BCUT2D eigenvalue weighted by molar-refractivity contribution is 0.0994. The van der Waals surface area contributed by atoms with Gasteiger partial charge in [0.2, 0.25) is 0 Å². The van der Waals surface area contributed by atoms with Crippen molar-refractivity contribution in [3.05, 3.63) is 52.8 Å². The van der Waals surface area contributed by atoms with Gasteiger partial charge >= 0.3 is 0 Å². The summed E-state index contributed by atoms with van der Waals surface area (Å²) in [5.74, 6) is 0.0960. The monoisotopic (exact) mass is 420 g/mol. The van der Waals surface area contributed by atoms with E-state index in [1.54, 1.807) is 26.4 Å². The van der Waals surface area contributed by atoms with Gasteiger partial charge in [-0.3, -0.25) is 4.79 Å². The standard InChI is InChI=1S/C19H20N2O5S2/c1-25-11-10-21-15-9-8-13(26-2)12-16(15)27-19(21)20-18(22)14-6-4-5-7-17(14)28(3,23)24/h4-9,12H,10-11H2,1-3H3. The molecule has 7 nitrogen and oxygen atoms in total. The van der Waals surface area contributed by atoms with Gasteiger partial charge in [0.15, 0.2) is 14.6 Å². The fourth-order valence-electron chi connectivity index (χ4n) is 2.78. The van der Waals surface area contributed by atoms with Gasteiger partial charge in [0.1, 0.15) is 5.75 Å². The third-order valence-corrected chi connectivity index (χ3v) is 6.32. The van der Waals surface area contributed by atoms with Gasteiger partial charge in [0.25, 0.3) is 5.91 Å². The van der Waals surface area contributed by atoms with Gasteiger partial charge in [-0.15, -0.1) is 0 Å². The van der Waals surface area contributed by atoms with Crippen LogP contribution in [0.15, 0.2) is 52.4 Å². The van der Waals surface area contributed by atoms with Crippen molar-refractivity contribution in [2.45, 2.75) is 11.4 Å². The van der Waals surface area contributed by atoms with Crippen molar-refractivity contribution in [1.29, 1.82) is 0 Å². The van der Waals surface area contributed by atoms with Crippen LogP contribution in [0.2, 0.25) is 0 Å². The lowest BCUT2D eigenvalue weighted by atomic mass is 10.2. The first-order valence-corrected chi connectivity index (χ1v) is 11.1. The van der Waals surface area contributed by atoms with Crippen LogP contribution in [0.4, 0.5) is 0 Å². The van der Waals surface area contributed by atoms with Gasteiger partial charge in [-0.2, -0.15) is 4.99 Å². The zero-order chi connectivity index (χ0) is 20.3. The number of carbonyl (C=O) groups is 1. The summed E-state index contributed by atoms with van der Waals surface area (Å²) in [4.78, 5) is 17.5. The number of hydrogen-bond donors (Lipinski definition) is 0. The Morgan fingerprint density at radius 1 is 1.18 bits per heavy atom. The number of carbonyl (C=O) groups excluding carboxylic acids is 1. The molecular weight excluding hydrogens is 400 g/mol. The van der Waals surface area contributed by atoms with Gasteiger partial charge in [-0.1, -0.05) is 23.5 Å². The number of rotatable bonds is 6. The van der Waals surface area contributed by atoms with Gasteiger partial charge in [0, 0.05) is 19.9 Å². The zero-order valence-corrected chi connectivity index (χ0v) is 17.3. The fraction of sp³-hybridized carbons (Fsp3) is 0.263. The van der Waals surface area contributed by atoms with Crippen LogP contribution < -0.4 is 9.54 Å². The smallest absolute Gasteiger partial charge is 0.280 e. The van der Waals surface area contributed by atoms with Crippen LogP contribution in [0.5, 0.6) is 5.75 Å². The van der Waals surface area contributed by atoms with Crippen LogP contribution in [0.25, 0.3) is 10.2 Å². The summed E-state index contributed by atoms with van der Waals surface area (Å²) in [7, 11) is -0.362. The highest BCUT2D eigenvalue weighted by molar-refractivity contribution is 7.90. The number of hydrogen-bond acceptors (Lipinski definition) is 6. The molecule has 0 saturated carbocycles. The van der Waals surface area contributed by atoms with Gasteiger partial charge in [0.05, 0.1) is 34.4 Å². The molecule has 0 fully saturated rings. The largest absolute Gasteiger partial charge is 0.497 e. The number of nitrogens with zero attached hydrogens (tertiary/aromatic N) is 2. The third-order valence-electron chi connectivity index (χ3n) is 4.12. The van der Waals surface area contributed by atoms with Crippen molar-refractivity contribution in [3.63, 3.8) is 0 Å². The number of ether oxygens (including phenoxy) is 2. The summed E-state index contributed by atoms with van der Waals surface area (Å²) in [6.45, 7) is 0.946. The minimum Gasteiger partial charge on any atom is -0.497 e. The molecule has 28 heavy (non-hydrogen) atoms. The number of thiazole rings is 1. The quantitative estimate of drug-likeness (QED) is 0.612. The van der Waals surface area contributed by atoms with Crippen molar-refractivity contribution in [2.75, 3.05) is 27.1 Å². The number of sulfone groups is 1. The maximum Gasteiger partial charge on any atom is 0.280 e. The Bertz CT molecular complexity index is 1190. The van der Waals surface area contributed by atoms with Crippen molar-refractivity contribution in [3.8, 4) is 5.75 Å². The molecule has 1 heterocycles. The Kier molecular flexibility index (Phi) is 5.97. The minimum absolute atomic E-state index is 0.0324. The molecule has 3 rings (SSSR count). The number of benzene rings is 2. The van der Waals surface area contributed by atoms with E-state index >= 15 is 0 Å². The average Bonchev–Trinajstić information content (AvgIpc) is 3.01. The molecule has 0 radical (unpaired) electrons. The molecule has 2 aromatic carbocycles. The van der Waals surface area contributed by atoms with Crippen LogP contribution in [-0.4, -0.2) is 46.0 Å². The van der Waals surface area contributed by atoms with Gasteiger partial charge in [-0.05, 0) is 30.3 Å². The number of methoxy groups -OCH3 is 2. The van der Waals surface area contributed by atoms with E-state index < -0.39 is 15.7 Å². The van der Waals surface area contributed by atoms with Crippen molar-refractivity contribution in [1.82, 2.24) is 4.57 Å². The summed E-state index contributed by atoms with van der Waals surface area (Å²) in [5.41, 5.74) is 0.948. The Balaban J connectivity index is 2.17. The first-order chi connectivity index (χ1) is 13.3. The van der Waals surface area contributed by atoms with E-state index in [0.717, 1.165) is 16.5 Å². The summed E-state index contributed by atoms with van der Waals surface area (Å²) in [5, 5.41) is 0. The van der Waals surface area contributed by atoms with E-state index in [9.17, 15) is 13.2 Å². The molecule has 0 spiro atoms. The van der Waals surface area contributed by atoms with Crippen LogP contribution in [0.1, 0.15) is 10.4 Å². The molecule has 1 amide bonds. The van der Waals surface area contributed by atoms with Gasteiger partial charge in [-0.25, -0.2) is 8.42 Å². The number of aromatic nitrogens is 1. The molecule has 0 aliphatic heterocycles. The highest BCUT2D eigenvalue weighted by Gasteiger charge is 2.18. The molecule has 0 atom stereocenters. The van der Waals surface area contributed by atoms with Crippen molar-refractivity contribution >= 4 is 37.3 Å². The number of fused-ring (bicyclic) bond motifs is 1. The molecule has 1 aromatic heterocycles. The predicted octanol–water partition coefficient (Wildman–Crippen LogP) is 2.50. The maximum atomic E-state index is 12.8. The molecule has 9 heteroatoms. The normalized spacial score (nSPS) is 12.5. The second-order valence-corrected chi connectivity index (χ2v) is 9.04. The van der Waals surface area contributed by atoms with E-state index in [0.29, 0.717) is 23.7 Å². The first-order valence-electron chi connectivity index (χ1n) is 8.39. The molecule has 0 N–H and O–H groups in total. The first kappa shape index (κ1) is 20.2. The summed E-state index contributed by atoms with van der Waals surface area (Å²) < 4.78 is 37.2. The Morgan fingerprint density at radius 2 is 1.93 bits per heavy atom. The lowest BCUT2D eigenvalue weighted by Crippen LogP contribution is -2.20. The molecule has 0 unspecified atom stereocenters. The highest BCUT2D eigenvalue weighted by Crippen LogP contribution is 2.23. The van der Waals surface area contributed by atoms with Crippen molar-refractivity contribution in [2.24, 2.45) is 4.99 Å². The van der Waals surface area contributed by atoms with Crippen LogP contribution in [0, 0.1) is 0 Å².